The van der Waals surface area contributed by atoms with Crippen LogP contribution >= 0.6 is 11.8 Å². The number of nitrogens with one attached hydrogen (secondary N) is 1. The molecule has 1 aliphatic rings. The van der Waals surface area contributed by atoms with E-state index in [9.17, 15) is 14.4 Å². The number of ether oxygens (including phenoxy) is 2. The molecule has 0 saturated heterocycles. The van der Waals surface area contributed by atoms with Crippen LogP contribution in [0, 0.1) is 0 Å². The van der Waals surface area contributed by atoms with Crippen LogP contribution in [0.1, 0.15) is 23.7 Å². The fourth-order valence-corrected chi connectivity index (χ4v) is 3.93. The van der Waals surface area contributed by atoms with Gasteiger partial charge in [0, 0.05) is 32.4 Å². The van der Waals surface area contributed by atoms with E-state index in [1.165, 1.54) is 11.1 Å². The molecule has 0 bridgehead atoms. The van der Waals surface area contributed by atoms with E-state index in [0.717, 1.165) is 0 Å². The molecule has 1 aromatic carbocycles. The molecule has 2 amide bonds. The highest BCUT2D eigenvalue weighted by Gasteiger charge is 2.26. The van der Waals surface area contributed by atoms with E-state index in [4.69, 9.17) is 14.6 Å². The number of pyridine rings is 1. The third kappa shape index (κ3) is 4.80. The molecule has 1 aromatic heterocycles. The molecule has 168 valence electrons. The monoisotopic (exact) mass is 449 g/mol. The van der Waals surface area contributed by atoms with Gasteiger partial charge in [-0.1, -0.05) is 0 Å². The third-order valence-electron chi connectivity index (χ3n) is 5.19. The minimum absolute atomic E-state index is 0.0417. The SMILES string of the molecule is CCn1cc(C(=O)N[C@H](CCSC)C(=O)N(C)CCO)c(=O)c2cc3c(cc21)OCO3. The molecular weight excluding hydrogens is 422 g/mol. The summed E-state index contributed by atoms with van der Waals surface area (Å²) in [6.45, 7) is 2.51. The zero-order chi connectivity index (χ0) is 22.5. The second-order valence-electron chi connectivity index (χ2n) is 7.17. The van der Waals surface area contributed by atoms with Gasteiger partial charge in [-0.15, -0.1) is 0 Å². The first-order chi connectivity index (χ1) is 14.9. The van der Waals surface area contributed by atoms with Crippen LogP contribution in [0.15, 0.2) is 23.1 Å². The summed E-state index contributed by atoms with van der Waals surface area (Å²) in [7, 11) is 1.57. The Balaban J connectivity index is 1.96. The maximum absolute atomic E-state index is 13.1. The van der Waals surface area contributed by atoms with Crippen molar-refractivity contribution in [1.29, 1.82) is 0 Å². The molecule has 0 saturated carbocycles. The van der Waals surface area contributed by atoms with E-state index >= 15 is 0 Å². The van der Waals surface area contributed by atoms with Gasteiger partial charge in [0.15, 0.2) is 11.5 Å². The van der Waals surface area contributed by atoms with Crippen LogP contribution in [-0.4, -0.2) is 71.4 Å². The lowest BCUT2D eigenvalue weighted by Gasteiger charge is -2.24. The number of nitrogens with zero attached hydrogens (tertiary/aromatic N) is 2. The van der Waals surface area contributed by atoms with Gasteiger partial charge in [-0.25, -0.2) is 0 Å². The van der Waals surface area contributed by atoms with Crippen molar-refractivity contribution in [3.8, 4) is 11.5 Å². The minimum Gasteiger partial charge on any atom is -0.454 e. The Morgan fingerprint density at radius 2 is 2.03 bits per heavy atom. The summed E-state index contributed by atoms with van der Waals surface area (Å²) < 4.78 is 12.6. The van der Waals surface area contributed by atoms with Crippen LogP contribution < -0.4 is 20.2 Å². The van der Waals surface area contributed by atoms with E-state index in [1.54, 1.807) is 35.5 Å². The predicted octanol–water partition coefficient (Wildman–Crippen LogP) is 1.05. The Labute approximate surface area is 184 Å². The molecule has 9 nitrogen and oxygen atoms in total. The average Bonchev–Trinajstić information content (AvgIpc) is 3.23. The summed E-state index contributed by atoms with van der Waals surface area (Å²) in [4.78, 5) is 40.3. The highest BCUT2D eigenvalue weighted by atomic mass is 32.2. The first-order valence-electron chi connectivity index (χ1n) is 10.0. The first-order valence-corrected chi connectivity index (χ1v) is 11.4. The Kier molecular flexibility index (Phi) is 7.45. The second kappa shape index (κ2) is 10.1. The second-order valence-corrected chi connectivity index (χ2v) is 8.16. The number of amides is 2. The quantitative estimate of drug-likeness (QED) is 0.589. The van der Waals surface area contributed by atoms with Gasteiger partial charge in [0.25, 0.3) is 5.91 Å². The molecule has 0 unspecified atom stereocenters. The molecule has 2 heterocycles. The van der Waals surface area contributed by atoms with Gasteiger partial charge in [-0.05, 0) is 31.4 Å². The summed E-state index contributed by atoms with van der Waals surface area (Å²) in [5, 5.41) is 12.2. The molecule has 2 aromatic rings. The Hall–Kier alpha value is -2.72. The number of hydrogen-bond donors (Lipinski definition) is 2. The molecule has 0 radical (unpaired) electrons. The van der Waals surface area contributed by atoms with E-state index < -0.39 is 17.4 Å². The van der Waals surface area contributed by atoms with E-state index in [1.807, 2.05) is 13.2 Å². The van der Waals surface area contributed by atoms with Crippen molar-refractivity contribution in [3.05, 3.63) is 34.1 Å². The van der Waals surface area contributed by atoms with Crippen LogP contribution in [0.4, 0.5) is 0 Å². The summed E-state index contributed by atoms with van der Waals surface area (Å²) in [5.41, 5.74) is 0.168. The summed E-state index contributed by atoms with van der Waals surface area (Å²) in [5.74, 6) is 0.758. The highest BCUT2D eigenvalue weighted by molar-refractivity contribution is 7.98. The van der Waals surface area contributed by atoms with E-state index in [0.29, 0.717) is 41.1 Å². The minimum atomic E-state index is -0.793. The lowest BCUT2D eigenvalue weighted by Crippen LogP contribution is -2.49. The molecule has 0 aliphatic carbocycles. The third-order valence-corrected chi connectivity index (χ3v) is 5.83. The van der Waals surface area contributed by atoms with Gasteiger partial charge in [0.2, 0.25) is 18.1 Å². The molecular formula is C21H27N3O6S. The smallest absolute Gasteiger partial charge is 0.257 e. The number of aliphatic hydroxyl groups excluding tert-OH is 1. The molecule has 0 fully saturated rings. The molecule has 3 rings (SSSR count). The van der Waals surface area contributed by atoms with Gasteiger partial charge in [0.05, 0.1) is 17.5 Å². The average molecular weight is 450 g/mol. The van der Waals surface area contributed by atoms with Gasteiger partial charge in [0.1, 0.15) is 11.6 Å². The number of hydrogen-bond acceptors (Lipinski definition) is 7. The topological polar surface area (TPSA) is 110 Å². The number of benzene rings is 1. The summed E-state index contributed by atoms with van der Waals surface area (Å²) in [6.07, 6.45) is 3.83. The molecule has 0 spiro atoms. The maximum atomic E-state index is 13.1. The number of aliphatic hydroxyl groups is 1. The number of rotatable bonds is 9. The van der Waals surface area contributed by atoms with Gasteiger partial charge in [-0.3, -0.25) is 14.4 Å². The Morgan fingerprint density at radius 1 is 1.32 bits per heavy atom. The largest absolute Gasteiger partial charge is 0.454 e. The van der Waals surface area contributed by atoms with E-state index in [2.05, 4.69) is 5.32 Å². The van der Waals surface area contributed by atoms with Crippen LogP contribution in [0.5, 0.6) is 11.5 Å². The zero-order valence-electron chi connectivity index (χ0n) is 17.8. The molecule has 10 heteroatoms. The lowest BCUT2D eigenvalue weighted by molar-refractivity contribution is -0.132. The maximum Gasteiger partial charge on any atom is 0.257 e. The van der Waals surface area contributed by atoms with E-state index in [-0.39, 0.29) is 31.4 Å². The van der Waals surface area contributed by atoms with Gasteiger partial charge >= 0.3 is 0 Å². The number of carbonyl (C=O) groups is 2. The number of likely N-dealkylation sites (N-methyl/N-ethyl adjacent to an activating group) is 1. The number of thioether (sulfide) groups is 1. The summed E-state index contributed by atoms with van der Waals surface area (Å²) >= 11 is 1.55. The zero-order valence-corrected chi connectivity index (χ0v) is 18.7. The predicted molar refractivity (Wildman–Crippen MR) is 119 cm³/mol. The number of aromatic nitrogens is 1. The van der Waals surface area contributed by atoms with Crippen LogP contribution in [0.25, 0.3) is 10.9 Å². The normalized spacial score (nSPS) is 13.3. The van der Waals surface area contributed by atoms with Crippen molar-refractivity contribution in [2.24, 2.45) is 0 Å². The van der Waals surface area contributed by atoms with Crippen LogP contribution in [0.2, 0.25) is 0 Å². The van der Waals surface area contributed by atoms with Crippen molar-refractivity contribution >= 4 is 34.5 Å². The molecule has 1 aliphatic heterocycles. The molecule has 1 atom stereocenters. The number of carbonyl (C=O) groups excluding carboxylic acids is 2. The van der Waals surface area contributed by atoms with Crippen molar-refractivity contribution in [3.63, 3.8) is 0 Å². The molecule has 2 N–H and O–H groups in total. The van der Waals surface area contributed by atoms with Gasteiger partial charge < -0.3 is 29.4 Å². The van der Waals surface area contributed by atoms with Crippen LogP contribution in [-0.2, 0) is 11.3 Å². The first kappa shape index (κ1) is 23.0. The van der Waals surface area contributed by atoms with Crippen molar-refractivity contribution in [2.75, 3.05) is 39.0 Å². The van der Waals surface area contributed by atoms with Crippen molar-refractivity contribution in [2.45, 2.75) is 25.9 Å². The fraction of sp³-hybridized carbons (Fsp3) is 0.476. The molecule has 31 heavy (non-hydrogen) atoms. The van der Waals surface area contributed by atoms with Crippen molar-refractivity contribution in [1.82, 2.24) is 14.8 Å². The van der Waals surface area contributed by atoms with Crippen molar-refractivity contribution < 1.29 is 24.2 Å². The van der Waals surface area contributed by atoms with Crippen LogP contribution in [0.3, 0.4) is 0 Å². The Morgan fingerprint density at radius 3 is 2.68 bits per heavy atom. The standard InChI is InChI=1S/C21H27N3O6S/c1-4-24-11-14(19(26)13-9-17-18(10-16(13)24)30-12-29-17)20(27)22-15(5-8-31-3)21(28)23(2)6-7-25/h9-11,15,25H,4-8,12H2,1-3H3,(H,22,27)/t15-/m1/s1. The summed E-state index contributed by atoms with van der Waals surface area (Å²) in [6, 6.07) is 2.53. The Bertz CT molecular complexity index is 1040. The lowest BCUT2D eigenvalue weighted by atomic mass is 10.1. The van der Waals surface area contributed by atoms with Gasteiger partial charge in [-0.2, -0.15) is 11.8 Å². The number of fused-ring (bicyclic) bond motifs is 2. The fourth-order valence-electron chi connectivity index (χ4n) is 3.46. The number of aryl methyl sites for hydroxylation is 1. The highest BCUT2D eigenvalue weighted by Crippen LogP contribution is 2.35.